The molecule has 4 rings (SSSR count). The van der Waals surface area contributed by atoms with Gasteiger partial charge in [0.25, 0.3) is 5.91 Å². The first-order chi connectivity index (χ1) is 18.7. The van der Waals surface area contributed by atoms with Crippen molar-refractivity contribution in [1.82, 2.24) is 20.2 Å². The van der Waals surface area contributed by atoms with Crippen molar-refractivity contribution >= 4 is 29.6 Å². The van der Waals surface area contributed by atoms with E-state index in [1.165, 1.54) is 17.3 Å². The number of benzene rings is 3. The number of aromatic nitrogens is 3. The number of carbonyl (C=O) groups excluding carboxylic acids is 1. The van der Waals surface area contributed by atoms with E-state index >= 15 is 0 Å². The maximum absolute atomic E-state index is 12.6. The molecule has 202 valence electrons. The number of thioether (sulfide) groups is 1. The first-order valence-electron chi connectivity index (χ1n) is 12.6. The lowest BCUT2D eigenvalue weighted by Crippen LogP contribution is -2.20. The molecule has 1 amide bonds. The number of rotatable bonds is 9. The van der Waals surface area contributed by atoms with Crippen LogP contribution in [0.15, 0.2) is 83.1 Å². The van der Waals surface area contributed by atoms with Crippen molar-refractivity contribution in [2.24, 2.45) is 5.10 Å². The van der Waals surface area contributed by atoms with Crippen molar-refractivity contribution in [3.63, 3.8) is 0 Å². The molecule has 1 aromatic heterocycles. The molecule has 0 radical (unpaired) electrons. The lowest BCUT2D eigenvalue weighted by atomic mass is 9.87. The Morgan fingerprint density at radius 3 is 2.26 bits per heavy atom. The monoisotopic (exact) mass is 542 g/mol. The van der Waals surface area contributed by atoms with E-state index in [1.807, 2.05) is 72.1 Å². The van der Waals surface area contributed by atoms with Crippen LogP contribution in [-0.4, -0.2) is 53.8 Å². The lowest BCUT2D eigenvalue weighted by Gasteiger charge is -2.19. The Kier molecular flexibility index (Phi) is 8.71. The second-order valence-electron chi connectivity index (χ2n) is 10.2. The van der Waals surface area contributed by atoms with E-state index in [-0.39, 0.29) is 17.1 Å². The fourth-order valence-electron chi connectivity index (χ4n) is 3.83. The molecule has 4 aromatic rings. The van der Waals surface area contributed by atoms with Crippen LogP contribution in [-0.2, 0) is 10.2 Å². The third-order valence-electron chi connectivity index (χ3n) is 6.12. The van der Waals surface area contributed by atoms with Crippen LogP contribution in [0.1, 0.15) is 31.9 Å². The topological polar surface area (TPSA) is 84.6 Å². The molecule has 1 heterocycles. The van der Waals surface area contributed by atoms with Crippen molar-refractivity contribution in [2.75, 3.05) is 31.9 Å². The normalized spacial score (nSPS) is 11.5. The quantitative estimate of drug-likeness (QED) is 0.170. The third-order valence-corrected chi connectivity index (χ3v) is 7.05. The van der Waals surface area contributed by atoms with Gasteiger partial charge in [-0.2, -0.15) is 5.10 Å². The Labute approximate surface area is 234 Å². The van der Waals surface area contributed by atoms with Gasteiger partial charge in [-0.3, -0.25) is 9.36 Å². The van der Waals surface area contributed by atoms with Crippen LogP contribution in [0.3, 0.4) is 0 Å². The standard InChI is InChI=1S/C30H34N6O2S/c1-30(2,3)23-11-9-22(10-12-23)28-33-34-29(36(28)25-15-17-26(38-6)18-16-25)39-20-27(37)32-31-19-21-7-13-24(14-8-21)35(4)5/h7-19H,20H2,1-6H3,(H,32,37). The van der Waals surface area contributed by atoms with Crippen LogP contribution in [0.25, 0.3) is 17.1 Å². The number of ether oxygens (including phenoxy) is 1. The van der Waals surface area contributed by atoms with Crippen molar-refractivity contribution in [3.05, 3.63) is 83.9 Å². The molecule has 0 aliphatic rings. The minimum absolute atomic E-state index is 0.0503. The number of hydrogen-bond acceptors (Lipinski definition) is 7. The number of methoxy groups -OCH3 is 1. The molecule has 0 aliphatic carbocycles. The van der Waals surface area contributed by atoms with Gasteiger partial charge in [-0.15, -0.1) is 10.2 Å². The number of hydrogen-bond donors (Lipinski definition) is 1. The van der Waals surface area contributed by atoms with Gasteiger partial charge < -0.3 is 9.64 Å². The summed E-state index contributed by atoms with van der Waals surface area (Å²) in [5.74, 6) is 1.35. The summed E-state index contributed by atoms with van der Waals surface area (Å²) >= 11 is 1.30. The van der Waals surface area contributed by atoms with Crippen LogP contribution in [0.5, 0.6) is 5.75 Å². The summed E-state index contributed by atoms with van der Waals surface area (Å²) < 4.78 is 7.28. The molecular formula is C30H34N6O2S. The molecule has 8 nitrogen and oxygen atoms in total. The summed E-state index contributed by atoms with van der Waals surface area (Å²) in [6, 6.07) is 23.9. The zero-order chi connectivity index (χ0) is 28.0. The minimum Gasteiger partial charge on any atom is -0.497 e. The fraction of sp³-hybridized carbons (Fsp3) is 0.267. The second kappa shape index (κ2) is 12.2. The van der Waals surface area contributed by atoms with E-state index in [2.05, 4.69) is 65.8 Å². The summed E-state index contributed by atoms with van der Waals surface area (Å²) in [4.78, 5) is 14.6. The molecule has 0 spiro atoms. The third kappa shape index (κ3) is 7.06. The highest BCUT2D eigenvalue weighted by Crippen LogP contribution is 2.30. The number of nitrogens with zero attached hydrogens (tertiary/aromatic N) is 5. The zero-order valence-corrected chi connectivity index (χ0v) is 24.0. The Morgan fingerprint density at radius 2 is 1.67 bits per heavy atom. The van der Waals surface area contributed by atoms with Gasteiger partial charge in [-0.1, -0.05) is 68.9 Å². The maximum Gasteiger partial charge on any atom is 0.250 e. The van der Waals surface area contributed by atoms with Crippen LogP contribution in [0, 0.1) is 0 Å². The van der Waals surface area contributed by atoms with E-state index in [0.717, 1.165) is 28.3 Å². The number of carbonyl (C=O) groups is 1. The molecule has 0 atom stereocenters. The smallest absolute Gasteiger partial charge is 0.250 e. The Balaban J connectivity index is 1.51. The van der Waals surface area contributed by atoms with Crippen LogP contribution in [0.4, 0.5) is 5.69 Å². The predicted molar refractivity (Wildman–Crippen MR) is 159 cm³/mol. The molecule has 1 N–H and O–H groups in total. The molecule has 0 saturated heterocycles. The van der Waals surface area contributed by atoms with Crippen LogP contribution in [0.2, 0.25) is 0 Å². The van der Waals surface area contributed by atoms with E-state index in [1.54, 1.807) is 13.3 Å². The molecule has 3 aromatic carbocycles. The van der Waals surface area contributed by atoms with Crippen LogP contribution >= 0.6 is 11.8 Å². The van der Waals surface area contributed by atoms with Crippen molar-refractivity contribution in [3.8, 4) is 22.8 Å². The molecule has 9 heteroatoms. The highest BCUT2D eigenvalue weighted by Gasteiger charge is 2.19. The number of anilines is 1. The van der Waals surface area contributed by atoms with E-state index in [0.29, 0.717) is 11.0 Å². The van der Waals surface area contributed by atoms with Gasteiger partial charge in [0, 0.05) is 31.0 Å². The summed E-state index contributed by atoms with van der Waals surface area (Å²) in [7, 11) is 5.61. The van der Waals surface area contributed by atoms with E-state index in [4.69, 9.17) is 4.74 Å². The SMILES string of the molecule is COc1ccc(-n2c(SCC(=O)NN=Cc3ccc(N(C)C)cc3)nnc2-c2ccc(C(C)(C)C)cc2)cc1. The molecule has 0 unspecified atom stereocenters. The van der Waals surface area contributed by atoms with Crippen LogP contribution < -0.4 is 15.1 Å². The van der Waals surface area contributed by atoms with Gasteiger partial charge in [-0.05, 0) is 52.9 Å². The lowest BCUT2D eigenvalue weighted by molar-refractivity contribution is -0.118. The van der Waals surface area contributed by atoms with E-state index < -0.39 is 0 Å². The summed E-state index contributed by atoms with van der Waals surface area (Å²) in [6.07, 6.45) is 1.63. The number of hydrazone groups is 1. The molecule has 0 bridgehead atoms. The summed E-state index contributed by atoms with van der Waals surface area (Å²) in [5.41, 5.74) is 7.69. The Morgan fingerprint density at radius 1 is 1.00 bits per heavy atom. The van der Waals surface area contributed by atoms with Gasteiger partial charge >= 0.3 is 0 Å². The first kappa shape index (κ1) is 27.9. The van der Waals surface area contributed by atoms with Gasteiger partial charge in [0.05, 0.1) is 19.1 Å². The number of nitrogens with one attached hydrogen (secondary N) is 1. The average Bonchev–Trinajstić information content (AvgIpc) is 3.36. The maximum atomic E-state index is 12.6. The molecule has 0 aliphatic heterocycles. The summed E-state index contributed by atoms with van der Waals surface area (Å²) in [6.45, 7) is 6.56. The van der Waals surface area contributed by atoms with Gasteiger partial charge in [-0.25, -0.2) is 5.43 Å². The average molecular weight is 543 g/mol. The number of amides is 1. The highest BCUT2D eigenvalue weighted by molar-refractivity contribution is 7.99. The Bertz CT molecular complexity index is 1420. The largest absolute Gasteiger partial charge is 0.497 e. The first-order valence-corrected chi connectivity index (χ1v) is 13.6. The summed E-state index contributed by atoms with van der Waals surface area (Å²) in [5, 5.41) is 13.6. The molecular weight excluding hydrogens is 508 g/mol. The zero-order valence-electron chi connectivity index (χ0n) is 23.2. The molecule has 0 saturated carbocycles. The molecule has 0 fully saturated rings. The fourth-order valence-corrected chi connectivity index (χ4v) is 4.58. The van der Waals surface area contributed by atoms with Crippen molar-refractivity contribution in [2.45, 2.75) is 31.3 Å². The molecule has 39 heavy (non-hydrogen) atoms. The van der Waals surface area contributed by atoms with Crippen molar-refractivity contribution in [1.29, 1.82) is 0 Å². The predicted octanol–water partition coefficient (Wildman–Crippen LogP) is 5.55. The second-order valence-corrected chi connectivity index (χ2v) is 11.2. The van der Waals surface area contributed by atoms with E-state index in [9.17, 15) is 4.79 Å². The van der Waals surface area contributed by atoms with Gasteiger partial charge in [0.2, 0.25) is 0 Å². The van der Waals surface area contributed by atoms with Gasteiger partial charge in [0.15, 0.2) is 11.0 Å². The highest BCUT2D eigenvalue weighted by atomic mass is 32.2. The van der Waals surface area contributed by atoms with Crippen molar-refractivity contribution < 1.29 is 9.53 Å². The van der Waals surface area contributed by atoms with Gasteiger partial charge in [0.1, 0.15) is 5.75 Å². The Hall–Kier alpha value is -4.11. The minimum atomic E-state index is -0.235.